The Bertz CT molecular complexity index is 730. The topological polar surface area (TPSA) is 68.2 Å². The van der Waals surface area contributed by atoms with Gasteiger partial charge >= 0.3 is 0 Å². The van der Waals surface area contributed by atoms with E-state index < -0.39 is 0 Å². The Morgan fingerprint density at radius 2 is 1.76 bits per heavy atom. The van der Waals surface area contributed by atoms with Gasteiger partial charge in [0, 0.05) is 37.4 Å². The van der Waals surface area contributed by atoms with E-state index in [1.165, 1.54) is 0 Å². The van der Waals surface area contributed by atoms with Gasteiger partial charge in [0.25, 0.3) is 0 Å². The molecule has 0 heterocycles. The molecule has 0 bridgehead atoms. The van der Waals surface area contributed by atoms with Gasteiger partial charge in [0.2, 0.25) is 5.91 Å². The maximum atomic E-state index is 12.1. The highest BCUT2D eigenvalue weighted by atomic mass is 16.1. The Labute approximate surface area is 149 Å². The summed E-state index contributed by atoms with van der Waals surface area (Å²) >= 11 is 0. The zero-order chi connectivity index (χ0) is 18.1. The monoisotopic (exact) mass is 336 g/mol. The number of para-hydroxylation sites is 1. The summed E-state index contributed by atoms with van der Waals surface area (Å²) in [6.07, 6.45) is 0.331. The van der Waals surface area contributed by atoms with Crippen LogP contribution >= 0.6 is 0 Å². The lowest BCUT2D eigenvalue weighted by atomic mass is 10.2. The smallest absolute Gasteiger partial charge is 0.226 e. The van der Waals surface area contributed by atoms with Gasteiger partial charge in [0.15, 0.2) is 0 Å². The van der Waals surface area contributed by atoms with Crippen molar-refractivity contribution in [3.63, 3.8) is 0 Å². The van der Waals surface area contributed by atoms with Crippen molar-refractivity contribution >= 4 is 23.0 Å². The van der Waals surface area contributed by atoms with Crippen LogP contribution in [-0.2, 0) is 4.79 Å². The summed E-state index contributed by atoms with van der Waals surface area (Å²) in [6, 6.07) is 17.3. The second-order valence-corrected chi connectivity index (χ2v) is 5.60. The minimum atomic E-state index is -0.0578. The zero-order valence-corrected chi connectivity index (χ0v) is 14.7. The number of hydrogen-bond acceptors (Lipinski definition) is 4. The van der Waals surface area contributed by atoms with Crippen LogP contribution in [0.4, 0.5) is 17.1 Å². The van der Waals surface area contributed by atoms with Crippen LogP contribution < -0.4 is 15.5 Å². The van der Waals surface area contributed by atoms with Crippen molar-refractivity contribution in [1.82, 2.24) is 0 Å². The molecule has 0 unspecified atom stereocenters. The third-order valence-electron chi connectivity index (χ3n) is 3.99. The Kier molecular flexibility index (Phi) is 6.85. The number of rotatable bonds is 8. The number of nitrogens with zero attached hydrogens (tertiary/aromatic N) is 2. The molecule has 0 aliphatic rings. The molecule has 2 rings (SSSR count). The highest BCUT2D eigenvalue weighted by Gasteiger charge is 2.05. The number of amides is 1. The van der Waals surface area contributed by atoms with Crippen LogP contribution in [0.15, 0.2) is 48.5 Å². The number of anilines is 3. The second-order valence-electron chi connectivity index (χ2n) is 5.60. The van der Waals surface area contributed by atoms with Gasteiger partial charge in [-0.15, -0.1) is 0 Å². The molecule has 2 aromatic carbocycles. The van der Waals surface area contributed by atoms with Crippen LogP contribution in [0, 0.1) is 11.3 Å². The van der Waals surface area contributed by atoms with Crippen molar-refractivity contribution < 1.29 is 4.79 Å². The third kappa shape index (κ3) is 5.25. The van der Waals surface area contributed by atoms with Gasteiger partial charge < -0.3 is 15.5 Å². The SMILES string of the molecule is CCN(CC)c1ccc(NC(=O)CCNc2ccccc2C#N)cc1. The number of nitriles is 1. The number of carbonyl (C=O) groups excluding carboxylic acids is 1. The standard InChI is InChI=1S/C20H24N4O/c1-3-24(4-2)18-11-9-17(10-12-18)23-20(25)13-14-22-19-8-6-5-7-16(19)15-21/h5-12,22H,3-4,13-14H2,1-2H3,(H,23,25). The summed E-state index contributed by atoms with van der Waals surface area (Å²) in [6.45, 7) is 6.63. The Balaban J connectivity index is 1.83. The lowest BCUT2D eigenvalue weighted by molar-refractivity contribution is -0.115. The van der Waals surface area contributed by atoms with E-state index in [-0.39, 0.29) is 5.91 Å². The van der Waals surface area contributed by atoms with Crippen molar-refractivity contribution in [2.24, 2.45) is 0 Å². The second kappa shape index (κ2) is 9.33. The fourth-order valence-corrected chi connectivity index (χ4v) is 2.61. The fourth-order valence-electron chi connectivity index (χ4n) is 2.61. The third-order valence-corrected chi connectivity index (χ3v) is 3.99. The van der Waals surface area contributed by atoms with Crippen LogP contribution in [0.5, 0.6) is 0 Å². The van der Waals surface area contributed by atoms with E-state index in [1.807, 2.05) is 42.5 Å². The highest BCUT2D eigenvalue weighted by Crippen LogP contribution is 2.18. The Morgan fingerprint density at radius 3 is 2.40 bits per heavy atom. The molecular weight excluding hydrogens is 312 g/mol. The normalized spacial score (nSPS) is 9.96. The lowest BCUT2D eigenvalue weighted by Crippen LogP contribution is -2.21. The lowest BCUT2D eigenvalue weighted by Gasteiger charge is -2.21. The van der Waals surface area contributed by atoms with E-state index in [0.717, 1.165) is 30.2 Å². The van der Waals surface area contributed by atoms with E-state index in [1.54, 1.807) is 6.07 Å². The molecule has 0 fully saturated rings. The van der Waals surface area contributed by atoms with Gasteiger partial charge in [-0.05, 0) is 50.2 Å². The molecule has 0 spiro atoms. The molecule has 130 valence electrons. The van der Waals surface area contributed by atoms with Crippen LogP contribution in [0.25, 0.3) is 0 Å². The van der Waals surface area contributed by atoms with Gasteiger partial charge in [-0.25, -0.2) is 0 Å². The first-order valence-corrected chi connectivity index (χ1v) is 8.55. The number of hydrogen-bond donors (Lipinski definition) is 2. The molecule has 0 aliphatic carbocycles. The Hall–Kier alpha value is -3.00. The van der Waals surface area contributed by atoms with Crippen LogP contribution in [0.1, 0.15) is 25.8 Å². The minimum absolute atomic E-state index is 0.0578. The molecule has 5 heteroatoms. The first-order chi connectivity index (χ1) is 12.2. The number of nitrogens with one attached hydrogen (secondary N) is 2. The van der Waals surface area contributed by atoms with Gasteiger partial charge in [0.1, 0.15) is 6.07 Å². The summed E-state index contributed by atoms with van der Waals surface area (Å²) in [5.74, 6) is -0.0578. The quantitative estimate of drug-likeness (QED) is 0.768. The maximum Gasteiger partial charge on any atom is 0.226 e. The predicted molar refractivity (Wildman–Crippen MR) is 103 cm³/mol. The number of benzene rings is 2. The summed E-state index contributed by atoms with van der Waals surface area (Å²) in [7, 11) is 0. The van der Waals surface area contributed by atoms with Gasteiger partial charge in [-0.3, -0.25) is 4.79 Å². The van der Waals surface area contributed by atoms with Gasteiger partial charge in [-0.2, -0.15) is 5.26 Å². The van der Waals surface area contributed by atoms with E-state index in [4.69, 9.17) is 5.26 Å². The molecule has 0 saturated heterocycles. The average Bonchev–Trinajstić information content (AvgIpc) is 2.64. The van der Waals surface area contributed by atoms with Crippen molar-refractivity contribution in [3.05, 3.63) is 54.1 Å². The van der Waals surface area contributed by atoms with Crippen molar-refractivity contribution in [2.45, 2.75) is 20.3 Å². The van der Waals surface area contributed by atoms with Crippen LogP contribution in [-0.4, -0.2) is 25.5 Å². The summed E-state index contributed by atoms with van der Waals surface area (Å²) < 4.78 is 0. The zero-order valence-electron chi connectivity index (χ0n) is 14.7. The highest BCUT2D eigenvalue weighted by molar-refractivity contribution is 5.91. The molecule has 5 nitrogen and oxygen atoms in total. The molecule has 1 amide bonds. The number of carbonyl (C=O) groups is 1. The molecule has 2 aromatic rings. The van der Waals surface area contributed by atoms with E-state index in [2.05, 4.69) is 35.5 Å². The summed E-state index contributed by atoms with van der Waals surface area (Å²) in [4.78, 5) is 14.3. The van der Waals surface area contributed by atoms with Crippen molar-refractivity contribution in [3.8, 4) is 6.07 Å². The summed E-state index contributed by atoms with van der Waals surface area (Å²) in [5.41, 5.74) is 3.27. The Morgan fingerprint density at radius 1 is 1.08 bits per heavy atom. The maximum absolute atomic E-state index is 12.1. The van der Waals surface area contributed by atoms with Crippen LogP contribution in [0.2, 0.25) is 0 Å². The molecule has 0 aliphatic heterocycles. The van der Waals surface area contributed by atoms with Gasteiger partial charge in [0.05, 0.1) is 11.3 Å². The van der Waals surface area contributed by atoms with Crippen molar-refractivity contribution in [2.75, 3.05) is 35.2 Å². The van der Waals surface area contributed by atoms with Gasteiger partial charge in [-0.1, -0.05) is 12.1 Å². The van der Waals surface area contributed by atoms with Crippen LogP contribution in [0.3, 0.4) is 0 Å². The van der Waals surface area contributed by atoms with E-state index in [0.29, 0.717) is 18.5 Å². The fraction of sp³-hybridized carbons (Fsp3) is 0.300. The minimum Gasteiger partial charge on any atom is -0.383 e. The van der Waals surface area contributed by atoms with E-state index >= 15 is 0 Å². The first kappa shape index (κ1) is 18.3. The first-order valence-electron chi connectivity index (χ1n) is 8.55. The molecular formula is C20H24N4O. The molecule has 25 heavy (non-hydrogen) atoms. The molecule has 0 radical (unpaired) electrons. The molecule has 0 aromatic heterocycles. The molecule has 2 N–H and O–H groups in total. The largest absolute Gasteiger partial charge is 0.383 e. The van der Waals surface area contributed by atoms with E-state index in [9.17, 15) is 4.79 Å². The average molecular weight is 336 g/mol. The predicted octanol–water partition coefficient (Wildman–Crippen LogP) is 3.85. The summed E-state index contributed by atoms with van der Waals surface area (Å²) in [5, 5.41) is 15.1. The molecule has 0 atom stereocenters. The molecule has 0 saturated carbocycles. The van der Waals surface area contributed by atoms with Crippen molar-refractivity contribution in [1.29, 1.82) is 5.26 Å².